The quantitative estimate of drug-likeness (QED) is 0.746. The molecule has 26 heavy (non-hydrogen) atoms. The molecule has 0 unspecified atom stereocenters. The molecule has 0 fully saturated rings. The number of carbonyl (C=O) groups excluding carboxylic acids is 1. The maximum Gasteiger partial charge on any atom is 0.240 e. The summed E-state index contributed by atoms with van der Waals surface area (Å²) in [5.74, 6) is -0.0243. The SMILES string of the molecule is Cc1ccc(CNC(=O)CCc2ccc(S(=O)(=O)NC(C)C)cc2)cc1. The zero-order valence-electron chi connectivity index (χ0n) is 15.5. The van der Waals surface area contributed by atoms with Gasteiger partial charge in [-0.3, -0.25) is 4.79 Å². The van der Waals surface area contributed by atoms with Crippen LogP contribution in [-0.4, -0.2) is 20.4 Å². The fraction of sp³-hybridized carbons (Fsp3) is 0.350. The molecular formula is C20H26N2O3S. The van der Waals surface area contributed by atoms with E-state index in [0.717, 1.165) is 11.1 Å². The second-order valence-corrected chi connectivity index (χ2v) is 8.40. The van der Waals surface area contributed by atoms with Gasteiger partial charge in [0, 0.05) is 19.0 Å². The third-order valence-corrected chi connectivity index (χ3v) is 5.55. The van der Waals surface area contributed by atoms with E-state index in [4.69, 9.17) is 0 Å². The Kier molecular flexibility index (Phi) is 6.94. The van der Waals surface area contributed by atoms with Crippen molar-refractivity contribution in [2.24, 2.45) is 0 Å². The van der Waals surface area contributed by atoms with E-state index in [0.29, 0.717) is 19.4 Å². The number of hydrogen-bond donors (Lipinski definition) is 2. The molecule has 0 saturated carbocycles. The summed E-state index contributed by atoms with van der Waals surface area (Å²) < 4.78 is 26.7. The van der Waals surface area contributed by atoms with Gasteiger partial charge < -0.3 is 5.32 Å². The van der Waals surface area contributed by atoms with Crippen molar-refractivity contribution >= 4 is 15.9 Å². The van der Waals surface area contributed by atoms with Crippen LogP contribution in [0.2, 0.25) is 0 Å². The van der Waals surface area contributed by atoms with E-state index in [1.807, 2.05) is 31.2 Å². The van der Waals surface area contributed by atoms with Crippen molar-refractivity contribution in [2.75, 3.05) is 0 Å². The average Bonchev–Trinajstić information content (AvgIpc) is 2.59. The molecule has 2 N–H and O–H groups in total. The fourth-order valence-electron chi connectivity index (χ4n) is 2.47. The van der Waals surface area contributed by atoms with Crippen molar-refractivity contribution in [2.45, 2.75) is 51.1 Å². The predicted molar refractivity (Wildman–Crippen MR) is 103 cm³/mol. The van der Waals surface area contributed by atoms with Crippen LogP contribution in [0.5, 0.6) is 0 Å². The van der Waals surface area contributed by atoms with E-state index in [9.17, 15) is 13.2 Å². The molecule has 0 radical (unpaired) electrons. The zero-order valence-corrected chi connectivity index (χ0v) is 16.3. The second-order valence-electron chi connectivity index (χ2n) is 6.68. The summed E-state index contributed by atoms with van der Waals surface area (Å²) in [5.41, 5.74) is 3.18. The largest absolute Gasteiger partial charge is 0.352 e. The highest BCUT2D eigenvalue weighted by atomic mass is 32.2. The van der Waals surface area contributed by atoms with Crippen LogP contribution in [-0.2, 0) is 27.8 Å². The monoisotopic (exact) mass is 374 g/mol. The van der Waals surface area contributed by atoms with Crippen LogP contribution in [0.25, 0.3) is 0 Å². The van der Waals surface area contributed by atoms with Gasteiger partial charge in [-0.15, -0.1) is 0 Å². The van der Waals surface area contributed by atoms with Gasteiger partial charge in [-0.1, -0.05) is 42.0 Å². The van der Waals surface area contributed by atoms with Crippen LogP contribution in [0.15, 0.2) is 53.4 Å². The Balaban J connectivity index is 1.83. The highest BCUT2D eigenvalue weighted by Gasteiger charge is 2.14. The van der Waals surface area contributed by atoms with Gasteiger partial charge in [0.25, 0.3) is 0 Å². The molecule has 1 amide bonds. The van der Waals surface area contributed by atoms with Gasteiger partial charge in [0.1, 0.15) is 0 Å². The molecule has 0 saturated heterocycles. The normalized spacial score (nSPS) is 11.5. The molecule has 0 spiro atoms. The van der Waals surface area contributed by atoms with Crippen LogP contribution in [0.4, 0.5) is 0 Å². The number of hydrogen-bond acceptors (Lipinski definition) is 3. The Morgan fingerprint density at radius 1 is 0.962 bits per heavy atom. The summed E-state index contributed by atoms with van der Waals surface area (Å²) in [4.78, 5) is 12.2. The standard InChI is InChI=1S/C20H26N2O3S/c1-15(2)22-26(24,25)19-11-8-17(9-12-19)10-13-20(23)21-14-18-6-4-16(3)5-7-18/h4-9,11-12,15,22H,10,13-14H2,1-3H3,(H,21,23). The number of aryl methyl sites for hydroxylation is 2. The van der Waals surface area contributed by atoms with Crippen molar-refractivity contribution in [3.8, 4) is 0 Å². The van der Waals surface area contributed by atoms with Gasteiger partial charge in [0.2, 0.25) is 15.9 Å². The zero-order chi connectivity index (χ0) is 19.2. The minimum atomic E-state index is -3.48. The van der Waals surface area contributed by atoms with Crippen molar-refractivity contribution in [3.63, 3.8) is 0 Å². The lowest BCUT2D eigenvalue weighted by molar-refractivity contribution is -0.121. The molecule has 2 aromatic rings. The van der Waals surface area contributed by atoms with E-state index in [1.54, 1.807) is 38.1 Å². The smallest absolute Gasteiger partial charge is 0.240 e. The Labute approximate surface area is 155 Å². The number of nitrogens with one attached hydrogen (secondary N) is 2. The molecule has 0 atom stereocenters. The molecule has 0 aromatic heterocycles. The van der Waals surface area contributed by atoms with Crippen LogP contribution in [0, 0.1) is 6.92 Å². The van der Waals surface area contributed by atoms with E-state index in [1.165, 1.54) is 5.56 Å². The lowest BCUT2D eigenvalue weighted by atomic mass is 10.1. The molecule has 0 aliphatic heterocycles. The average molecular weight is 375 g/mol. The second kappa shape index (κ2) is 8.96. The summed E-state index contributed by atoms with van der Waals surface area (Å²) in [6.45, 7) is 6.09. The van der Waals surface area contributed by atoms with Crippen LogP contribution in [0.1, 0.15) is 37.0 Å². The molecule has 5 nitrogen and oxygen atoms in total. The summed E-state index contributed by atoms with van der Waals surface area (Å²) in [5, 5.41) is 2.90. The maximum absolute atomic E-state index is 12.1. The van der Waals surface area contributed by atoms with Gasteiger partial charge in [0.15, 0.2) is 0 Å². The van der Waals surface area contributed by atoms with Gasteiger partial charge >= 0.3 is 0 Å². The van der Waals surface area contributed by atoms with Gasteiger partial charge in [-0.2, -0.15) is 0 Å². The predicted octanol–water partition coefficient (Wildman–Crippen LogP) is 2.93. The van der Waals surface area contributed by atoms with Crippen LogP contribution < -0.4 is 10.0 Å². The first-order chi connectivity index (χ1) is 12.3. The molecular weight excluding hydrogens is 348 g/mol. The van der Waals surface area contributed by atoms with E-state index in [-0.39, 0.29) is 16.8 Å². The first-order valence-corrected chi connectivity index (χ1v) is 10.2. The molecule has 2 rings (SSSR count). The van der Waals surface area contributed by atoms with Gasteiger partial charge in [-0.25, -0.2) is 13.1 Å². The van der Waals surface area contributed by atoms with Crippen LogP contribution >= 0.6 is 0 Å². The molecule has 0 aliphatic carbocycles. The lowest BCUT2D eigenvalue weighted by Crippen LogP contribution is -2.30. The molecule has 2 aromatic carbocycles. The third-order valence-electron chi connectivity index (χ3n) is 3.88. The van der Waals surface area contributed by atoms with Crippen molar-refractivity contribution in [1.82, 2.24) is 10.0 Å². The molecule has 0 heterocycles. The summed E-state index contributed by atoms with van der Waals surface area (Å²) in [6, 6.07) is 14.5. The first-order valence-electron chi connectivity index (χ1n) is 8.70. The first kappa shape index (κ1) is 20.1. The lowest BCUT2D eigenvalue weighted by Gasteiger charge is -2.10. The van der Waals surface area contributed by atoms with Gasteiger partial charge in [-0.05, 0) is 50.5 Å². The van der Waals surface area contributed by atoms with Crippen molar-refractivity contribution < 1.29 is 13.2 Å². The minimum Gasteiger partial charge on any atom is -0.352 e. The number of amides is 1. The third kappa shape index (κ3) is 6.28. The number of rotatable bonds is 8. The number of sulfonamides is 1. The number of carbonyl (C=O) groups is 1. The minimum absolute atomic E-state index is 0.0243. The number of benzene rings is 2. The molecule has 140 valence electrons. The highest BCUT2D eigenvalue weighted by molar-refractivity contribution is 7.89. The Hall–Kier alpha value is -2.18. The maximum atomic E-state index is 12.1. The molecule has 6 heteroatoms. The van der Waals surface area contributed by atoms with E-state index in [2.05, 4.69) is 10.0 Å². The summed E-state index contributed by atoms with van der Waals surface area (Å²) in [7, 11) is -3.48. The Morgan fingerprint density at radius 2 is 1.54 bits per heavy atom. The fourth-order valence-corrected chi connectivity index (χ4v) is 3.72. The Morgan fingerprint density at radius 3 is 2.12 bits per heavy atom. The topological polar surface area (TPSA) is 75.3 Å². The summed E-state index contributed by atoms with van der Waals surface area (Å²) in [6.07, 6.45) is 0.930. The van der Waals surface area contributed by atoms with Crippen molar-refractivity contribution in [1.29, 1.82) is 0 Å². The molecule has 0 aliphatic rings. The van der Waals surface area contributed by atoms with Crippen LogP contribution in [0.3, 0.4) is 0 Å². The summed E-state index contributed by atoms with van der Waals surface area (Å²) >= 11 is 0. The van der Waals surface area contributed by atoms with E-state index >= 15 is 0 Å². The van der Waals surface area contributed by atoms with Gasteiger partial charge in [0.05, 0.1) is 4.90 Å². The van der Waals surface area contributed by atoms with Crippen molar-refractivity contribution in [3.05, 3.63) is 65.2 Å². The highest BCUT2D eigenvalue weighted by Crippen LogP contribution is 2.12. The molecule has 0 bridgehead atoms. The Bertz CT molecular complexity index is 826. The van der Waals surface area contributed by atoms with E-state index < -0.39 is 10.0 Å².